The maximum absolute atomic E-state index is 12.7. The summed E-state index contributed by atoms with van der Waals surface area (Å²) in [6.07, 6.45) is 0. The Labute approximate surface area is 163 Å². The largest absolute Gasteiger partial charge is 0.497 e. The average Bonchev–Trinajstić information content (AvgIpc) is 2.91. The Balaban J connectivity index is 1.62. The summed E-state index contributed by atoms with van der Waals surface area (Å²) in [4.78, 5) is 39.9. The molecule has 0 aliphatic carbocycles. The van der Waals surface area contributed by atoms with E-state index in [2.05, 4.69) is 5.32 Å². The molecule has 1 heterocycles. The van der Waals surface area contributed by atoms with E-state index in [0.717, 1.165) is 21.8 Å². The molecule has 3 rings (SSSR count). The topological polar surface area (TPSA) is 79.0 Å². The van der Waals surface area contributed by atoms with Gasteiger partial charge in [0, 0.05) is 12.2 Å². The van der Waals surface area contributed by atoms with Gasteiger partial charge < -0.3 is 10.1 Å². The monoisotopic (exact) mass is 381 g/mol. The third-order valence-electron chi connectivity index (χ3n) is 4.71. The summed E-state index contributed by atoms with van der Waals surface area (Å²) in [7, 11) is 1.59. The van der Waals surface area contributed by atoms with Crippen LogP contribution in [0.3, 0.4) is 0 Å². The van der Waals surface area contributed by atoms with Crippen molar-refractivity contribution in [3.8, 4) is 5.75 Å². The Bertz CT molecular complexity index is 878. The number of aryl methyl sites for hydroxylation is 1. The number of methoxy groups -OCH3 is 1. The lowest BCUT2D eigenvalue weighted by Crippen LogP contribution is -2.41. The van der Waals surface area contributed by atoms with Crippen LogP contribution in [0.5, 0.6) is 5.75 Å². The van der Waals surface area contributed by atoms with Gasteiger partial charge in [-0.15, -0.1) is 0 Å². The van der Waals surface area contributed by atoms with Gasteiger partial charge >= 0.3 is 6.03 Å². The lowest BCUT2D eigenvalue weighted by Gasteiger charge is -2.19. The summed E-state index contributed by atoms with van der Waals surface area (Å²) in [6, 6.07) is 13.5. The normalized spacial score (nSPS) is 16.5. The average molecular weight is 381 g/mol. The minimum absolute atomic E-state index is 0.302. The first-order valence-corrected chi connectivity index (χ1v) is 9.01. The fraction of sp³-hybridized carbons (Fsp3) is 0.286. The van der Waals surface area contributed by atoms with E-state index < -0.39 is 18.0 Å². The highest BCUT2D eigenvalue weighted by Gasteiger charge is 2.43. The van der Waals surface area contributed by atoms with Gasteiger partial charge in [0.15, 0.2) is 0 Å². The molecule has 0 aromatic heterocycles. The zero-order chi connectivity index (χ0) is 20.3. The van der Waals surface area contributed by atoms with Gasteiger partial charge in [0.25, 0.3) is 5.91 Å². The number of carbonyl (C=O) groups excluding carboxylic acids is 3. The molecule has 1 aliphatic rings. The first kappa shape index (κ1) is 19.4. The van der Waals surface area contributed by atoms with Crippen LogP contribution in [0.15, 0.2) is 48.5 Å². The molecule has 0 radical (unpaired) electrons. The molecule has 4 amide bonds. The molecule has 1 atom stereocenters. The zero-order valence-electron chi connectivity index (χ0n) is 16.1. The molecule has 7 heteroatoms. The van der Waals surface area contributed by atoms with Gasteiger partial charge in [-0.1, -0.05) is 29.8 Å². The third kappa shape index (κ3) is 3.98. The van der Waals surface area contributed by atoms with Crippen molar-refractivity contribution < 1.29 is 19.1 Å². The number of nitrogens with zero attached hydrogens (tertiary/aromatic N) is 2. The molecule has 7 nitrogen and oxygen atoms in total. The highest BCUT2D eigenvalue weighted by atomic mass is 16.5. The molecule has 0 bridgehead atoms. The Hall–Kier alpha value is -3.35. The van der Waals surface area contributed by atoms with Gasteiger partial charge in [0.1, 0.15) is 18.3 Å². The van der Waals surface area contributed by atoms with E-state index >= 15 is 0 Å². The van der Waals surface area contributed by atoms with E-state index in [0.29, 0.717) is 12.2 Å². The van der Waals surface area contributed by atoms with Crippen molar-refractivity contribution in [1.82, 2.24) is 10.2 Å². The number of hydrogen-bond acceptors (Lipinski definition) is 4. The Morgan fingerprint density at radius 1 is 1.07 bits per heavy atom. The molecule has 1 aliphatic heterocycles. The first-order chi connectivity index (χ1) is 13.4. The lowest BCUT2D eigenvalue weighted by molar-refractivity contribution is -0.131. The number of ether oxygens (including phenoxy) is 1. The third-order valence-corrected chi connectivity index (χ3v) is 4.71. The predicted molar refractivity (Wildman–Crippen MR) is 105 cm³/mol. The minimum atomic E-state index is -0.649. The number of nitrogens with one attached hydrogen (secondary N) is 1. The number of rotatable bonds is 6. The molecule has 1 fully saturated rings. The highest BCUT2D eigenvalue weighted by molar-refractivity contribution is 6.15. The SMILES string of the molecule is COc1ccc(CNC(=O)CN2C(=O)C(C)N(c3ccc(C)cc3)C2=O)cc1. The van der Waals surface area contributed by atoms with E-state index in [9.17, 15) is 14.4 Å². The highest BCUT2D eigenvalue weighted by Crippen LogP contribution is 2.25. The number of urea groups is 1. The summed E-state index contributed by atoms with van der Waals surface area (Å²) >= 11 is 0. The second-order valence-corrected chi connectivity index (χ2v) is 6.71. The van der Waals surface area contributed by atoms with Crippen LogP contribution < -0.4 is 15.0 Å². The smallest absolute Gasteiger partial charge is 0.332 e. The Morgan fingerprint density at radius 3 is 2.32 bits per heavy atom. The number of carbonyl (C=O) groups is 3. The van der Waals surface area contributed by atoms with Crippen LogP contribution in [0, 0.1) is 6.92 Å². The van der Waals surface area contributed by atoms with Gasteiger partial charge in [-0.3, -0.25) is 19.4 Å². The van der Waals surface area contributed by atoms with Crippen LogP contribution in [0.1, 0.15) is 18.1 Å². The molecule has 1 N–H and O–H groups in total. The quantitative estimate of drug-likeness (QED) is 0.780. The maximum atomic E-state index is 12.7. The van der Waals surface area contributed by atoms with Crippen molar-refractivity contribution in [3.05, 3.63) is 59.7 Å². The molecule has 1 saturated heterocycles. The van der Waals surface area contributed by atoms with Gasteiger partial charge in [-0.05, 0) is 43.7 Å². The van der Waals surface area contributed by atoms with E-state index in [1.807, 2.05) is 31.2 Å². The van der Waals surface area contributed by atoms with Gasteiger partial charge in [-0.25, -0.2) is 4.79 Å². The van der Waals surface area contributed by atoms with Crippen LogP contribution in [-0.4, -0.2) is 42.4 Å². The first-order valence-electron chi connectivity index (χ1n) is 9.01. The minimum Gasteiger partial charge on any atom is -0.497 e. The van der Waals surface area contributed by atoms with Crippen LogP contribution in [-0.2, 0) is 16.1 Å². The van der Waals surface area contributed by atoms with Gasteiger partial charge in [0.2, 0.25) is 5.91 Å². The molecular formula is C21H23N3O4. The molecule has 0 spiro atoms. The maximum Gasteiger partial charge on any atom is 0.332 e. The lowest BCUT2D eigenvalue weighted by atomic mass is 10.2. The number of imide groups is 1. The second kappa shape index (κ2) is 8.12. The molecule has 28 heavy (non-hydrogen) atoms. The summed E-state index contributed by atoms with van der Waals surface area (Å²) in [5.41, 5.74) is 2.59. The fourth-order valence-electron chi connectivity index (χ4n) is 3.05. The number of amides is 4. The van der Waals surface area contributed by atoms with Crippen molar-refractivity contribution >= 4 is 23.5 Å². The molecule has 1 unspecified atom stereocenters. The number of benzene rings is 2. The van der Waals surface area contributed by atoms with E-state index in [4.69, 9.17) is 4.74 Å². The molecular weight excluding hydrogens is 358 g/mol. The standard InChI is InChI=1S/C21H23N3O4/c1-14-4-8-17(9-5-14)24-15(2)20(26)23(21(24)27)13-19(25)22-12-16-6-10-18(28-3)11-7-16/h4-11,15H,12-13H2,1-3H3,(H,22,25). The van der Waals surface area contributed by atoms with Crippen LogP contribution in [0.2, 0.25) is 0 Å². The molecule has 2 aromatic carbocycles. The second-order valence-electron chi connectivity index (χ2n) is 6.71. The van der Waals surface area contributed by atoms with E-state index in [-0.39, 0.29) is 12.5 Å². The summed E-state index contributed by atoms with van der Waals surface area (Å²) in [5.74, 6) is -0.0471. The molecule has 146 valence electrons. The van der Waals surface area contributed by atoms with Crippen molar-refractivity contribution in [1.29, 1.82) is 0 Å². The van der Waals surface area contributed by atoms with Gasteiger partial charge in [0.05, 0.1) is 7.11 Å². The van der Waals surface area contributed by atoms with Crippen molar-refractivity contribution in [2.45, 2.75) is 26.4 Å². The van der Waals surface area contributed by atoms with Gasteiger partial charge in [-0.2, -0.15) is 0 Å². The van der Waals surface area contributed by atoms with Crippen molar-refractivity contribution in [2.75, 3.05) is 18.6 Å². The molecule has 2 aromatic rings. The fourth-order valence-corrected chi connectivity index (χ4v) is 3.05. The Kier molecular flexibility index (Phi) is 5.63. The van der Waals surface area contributed by atoms with Crippen molar-refractivity contribution in [2.24, 2.45) is 0 Å². The van der Waals surface area contributed by atoms with E-state index in [1.165, 1.54) is 4.90 Å². The summed E-state index contributed by atoms with van der Waals surface area (Å²) in [6.45, 7) is 3.61. The zero-order valence-corrected chi connectivity index (χ0v) is 16.1. The number of hydrogen-bond donors (Lipinski definition) is 1. The predicted octanol–water partition coefficient (Wildman–Crippen LogP) is 2.48. The van der Waals surface area contributed by atoms with E-state index in [1.54, 1.807) is 38.3 Å². The Morgan fingerprint density at radius 2 is 1.71 bits per heavy atom. The van der Waals surface area contributed by atoms with Crippen LogP contribution in [0.4, 0.5) is 10.5 Å². The summed E-state index contributed by atoms with van der Waals surface area (Å²) < 4.78 is 5.10. The van der Waals surface area contributed by atoms with Crippen LogP contribution >= 0.6 is 0 Å². The van der Waals surface area contributed by atoms with Crippen molar-refractivity contribution in [3.63, 3.8) is 0 Å². The number of anilines is 1. The van der Waals surface area contributed by atoms with Crippen LogP contribution in [0.25, 0.3) is 0 Å². The summed E-state index contributed by atoms with van der Waals surface area (Å²) in [5, 5.41) is 2.74. The molecule has 0 saturated carbocycles.